The quantitative estimate of drug-likeness (QED) is 0.752. The summed E-state index contributed by atoms with van der Waals surface area (Å²) in [6, 6.07) is 4.56. The highest BCUT2D eigenvalue weighted by Crippen LogP contribution is 2.30. The maximum absolute atomic E-state index is 12.3. The minimum Gasteiger partial charge on any atom is -0.334 e. The van der Waals surface area contributed by atoms with E-state index in [1.54, 1.807) is 6.92 Å². The SMILES string of the molecule is Cc1noc(-c2ccc(C(F)(F)F)cc2)n1. The molecule has 0 saturated heterocycles. The van der Waals surface area contributed by atoms with E-state index >= 15 is 0 Å². The number of nitrogens with zero attached hydrogens (tertiary/aromatic N) is 2. The van der Waals surface area contributed by atoms with Crippen LogP contribution in [0.2, 0.25) is 0 Å². The van der Waals surface area contributed by atoms with Crippen LogP contribution < -0.4 is 0 Å². The number of benzene rings is 1. The standard InChI is InChI=1S/C10H7F3N2O/c1-6-14-9(16-15-6)7-2-4-8(5-3-7)10(11,12)13/h2-5H,1H3. The number of hydrogen-bond acceptors (Lipinski definition) is 3. The molecule has 0 N–H and O–H groups in total. The molecule has 1 aromatic carbocycles. The molecule has 84 valence electrons. The molecule has 0 atom stereocenters. The second kappa shape index (κ2) is 3.62. The first-order valence-electron chi connectivity index (χ1n) is 4.45. The van der Waals surface area contributed by atoms with Crippen molar-refractivity contribution in [3.63, 3.8) is 0 Å². The molecule has 0 amide bonds. The van der Waals surface area contributed by atoms with E-state index in [0.717, 1.165) is 12.1 Å². The largest absolute Gasteiger partial charge is 0.416 e. The Bertz CT molecular complexity index is 488. The lowest BCUT2D eigenvalue weighted by Gasteiger charge is -2.05. The van der Waals surface area contributed by atoms with Gasteiger partial charge in [0.05, 0.1) is 5.56 Å². The van der Waals surface area contributed by atoms with Crippen LogP contribution in [0.4, 0.5) is 13.2 Å². The zero-order chi connectivity index (χ0) is 11.8. The van der Waals surface area contributed by atoms with Crippen LogP contribution in [0.5, 0.6) is 0 Å². The van der Waals surface area contributed by atoms with Crippen molar-refractivity contribution in [1.29, 1.82) is 0 Å². The minimum atomic E-state index is -4.33. The minimum absolute atomic E-state index is 0.214. The third kappa shape index (κ3) is 2.05. The molecule has 0 aliphatic heterocycles. The lowest BCUT2D eigenvalue weighted by molar-refractivity contribution is -0.137. The van der Waals surface area contributed by atoms with Gasteiger partial charge in [0.25, 0.3) is 5.89 Å². The molecule has 0 radical (unpaired) electrons. The summed E-state index contributed by atoms with van der Waals surface area (Å²) in [5.41, 5.74) is -0.235. The van der Waals surface area contributed by atoms with Crippen molar-refractivity contribution in [2.45, 2.75) is 13.1 Å². The molecule has 2 aromatic rings. The molecule has 0 saturated carbocycles. The highest BCUT2D eigenvalue weighted by Gasteiger charge is 2.30. The van der Waals surface area contributed by atoms with Gasteiger partial charge in [-0.2, -0.15) is 18.2 Å². The fourth-order valence-electron chi connectivity index (χ4n) is 1.22. The van der Waals surface area contributed by atoms with Crippen LogP contribution in [0.15, 0.2) is 28.8 Å². The van der Waals surface area contributed by atoms with E-state index in [4.69, 9.17) is 4.52 Å². The molecule has 0 bridgehead atoms. The Balaban J connectivity index is 2.33. The fourth-order valence-corrected chi connectivity index (χ4v) is 1.22. The summed E-state index contributed by atoms with van der Waals surface area (Å²) >= 11 is 0. The molecule has 0 spiro atoms. The summed E-state index contributed by atoms with van der Waals surface area (Å²) in [7, 11) is 0. The van der Waals surface area contributed by atoms with E-state index < -0.39 is 11.7 Å². The van der Waals surface area contributed by atoms with E-state index in [9.17, 15) is 13.2 Å². The summed E-state index contributed by atoms with van der Waals surface area (Å²) in [6.07, 6.45) is -4.33. The van der Waals surface area contributed by atoms with Gasteiger partial charge in [0.1, 0.15) is 0 Å². The van der Waals surface area contributed by atoms with E-state index in [2.05, 4.69) is 10.1 Å². The van der Waals surface area contributed by atoms with Crippen molar-refractivity contribution in [2.75, 3.05) is 0 Å². The van der Waals surface area contributed by atoms with E-state index in [0.29, 0.717) is 11.4 Å². The van der Waals surface area contributed by atoms with Crippen LogP contribution in [-0.2, 0) is 6.18 Å². The predicted molar refractivity (Wildman–Crippen MR) is 49.5 cm³/mol. The lowest BCUT2D eigenvalue weighted by Crippen LogP contribution is -2.03. The highest BCUT2D eigenvalue weighted by molar-refractivity contribution is 5.53. The van der Waals surface area contributed by atoms with Gasteiger partial charge < -0.3 is 4.52 Å². The normalized spacial score (nSPS) is 11.8. The zero-order valence-corrected chi connectivity index (χ0v) is 8.25. The molecule has 0 aliphatic rings. The Hall–Kier alpha value is -1.85. The number of aryl methyl sites for hydroxylation is 1. The Labute approximate surface area is 88.9 Å². The van der Waals surface area contributed by atoms with E-state index in [-0.39, 0.29) is 5.89 Å². The molecule has 0 aliphatic carbocycles. The van der Waals surface area contributed by atoms with Gasteiger partial charge in [0, 0.05) is 5.56 Å². The van der Waals surface area contributed by atoms with Crippen molar-refractivity contribution < 1.29 is 17.7 Å². The summed E-state index contributed by atoms with van der Waals surface area (Å²) in [5, 5.41) is 3.56. The number of aromatic nitrogens is 2. The first-order valence-corrected chi connectivity index (χ1v) is 4.45. The first-order chi connectivity index (χ1) is 7.47. The molecule has 2 rings (SSSR count). The van der Waals surface area contributed by atoms with Crippen LogP contribution >= 0.6 is 0 Å². The van der Waals surface area contributed by atoms with Gasteiger partial charge in [-0.3, -0.25) is 0 Å². The van der Waals surface area contributed by atoms with Crippen molar-refractivity contribution in [3.8, 4) is 11.5 Å². The molecule has 3 nitrogen and oxygen atoms in total. The van der Waals surface area contributed by atoms with Crippen molar-refractivity contribution in [2.24, 2.45) is 0 Å². The van der Waals surface area contributed by atoms with Gasteiger partial charge in [-0.25, -0.2) is 0 Å². The molecule has 0 unspecified atom stereocenters. The second-order valence-electron chi connectivity index (χ2n) is 3.22. The summed E-state index contributed by atoms with van der Waals surface area (Å²) in [5.74, 6) is 0.654. The molecular formula is C10H7F3N2O. The molecule has 0 fully saturated rings. The predicted octanol–water partition coefficient (Wildman–Crippen LogP) is 3.06. The Morgan fingerprint density at radius 3 is 2.19 bits per heavy atom. The maximum atomic E-state index is 12.3. The van der Waals surface area contributed by atoms with Gasteiger partial charge >= 0.3 is 6.18 Å². The first kappa shape index (κ1) is 10.7. The van der Waals surface area contributed by atoms with Gasteiger partial charge in [-0.1, -0.05) is 5.16 Å². The average Bonchev–Trinajstić information content (AvgIpc) is 2.64. The second-order valence-corrected chi connectivity index (χ2v) is 3.22. The van der Waals surface area contributed by atoms with Gasteiger partial charge in [-0.05, 0) is 31.2 Å². The zero-order valence-electron chi connectivity index (χ0n) is 8.25. The van der Waals surface area contributed by atoms with Crippen LogP contribution in [0.25, 0.3) is 11.5 Å². The topological polar surface area (TPSA) is 38.9 Å². The average molecular weight is 228 g/mol. The van der Waals surface area contributed by atoms with Crippen molar-refractivity contribution >= 4 is 0 Å². The number of halogens is 3. The van der Waals surface area contributed by atoms with E-state index in [1.165, 1.54) is 12.1 Å². The summed E-state index contributed by atoms with van der Waals surface area (Å²) < 4.78 is 41.7. The van der Waals surface area contributed by atoms with Crippen LogP contribution in [0.1, 0.15) is 11.4 Å². The number of alkyl halides is 3. The van der Waals surface area contributed by atoms with Crippen LogP contribution in [-0.4, -0.2) is 10.1 Å². The maximum Gasteiger partial charge on any atom is 0.416 e. The molecule has 1 heterocycles. The third-order valence-corrected chi connectivity index (χ3v) is 1.99. The van der Waals surface area contributed by atoms with Crippen molar-refractivity contribution in [3.05, 3.63) is 35.7 Å². The van der Waals surface area contributed by atoms with E-state index in [1.807, 2.05) is 0 Å². The van der Waals surface area contributed by atoms with Crippen molar-refractivity contribution in [1.82, 2.24) is 10.1 Å². The summed E-state index contributed by atoms with van der Waals surface area (Å²) in [6.45, 7) is 1.64. The lowest BCUT2D eigenvalue weighted by atomic mass is 10.1. The number of hydrogen-bond donors (Lipinski definition) is 0. The Morgan fingerprint density at radius 2 is 1.75 bits per heavy atom. The molecule has 6 heteroatoms. The highest BCUT2D eigenvalue weighted by atomic mass is 19.4. The smallest absolute Gasteiger partial charge is 0.334 e. The molecule has 16 heavy (non-hydrogen) atoms. The fraction of sp³-hybridized carbons (Fsp3) is 0.200. The monoisotopic (exact) mass is 228 g/mol. The van der Waals surface area contributed by atoms with Gasteiger partial charge in [0.15, 0.2) is 5.82 Å². The number of rotatable bonds is 1. The van der Waals surface area contributed by atoms with Gasteiger partial charge in [-0.15, -0.1) is 0 Å². The molecule has 1 aromatic heterocycles. The Kier molecular flexibility index (Phi) is 2.41. The molecular weight excluding hydrogens is 221 g/mol. The Morgan fingerprint density at radius 1 is 1.12 bits per heavy atom. The van der Waals surface area contributed by atoms with Gasteiger partial charge in [0.2, 0.25) is 0 Å². The third-order valence-electron chi connectivity index (χ3n) is 1.99. The van der Waals surface area contributed by atoms with Crippen LogP contribution in [0, 0.1) is 6.92 Å². The summed E-state index contributed by atoms with van der Waals surface area (Å²) in [4.78, 5) is 3.91. The van der Waals surface area contributed by atoms with Crippen LogP contribution in [0.3, 0.4) is 0 Å².